The number of aliphatic hydroxyl groups is 1. The fourth-order valence-electron chi connectivity index (χ4n) is 0.205. The van der Waals surface area contributed by atoms with Crippen LogP contribution in [-0.4, -0.2) is 34.8 Å². The Hall–Kier alpha value is -0.910. The third kappa shape index (κ3) is 10.1. The normalized spacial score (nSPS) is 7.10. The Morgan fingerprint density at radius 2 is 2.10 bits per heavy atom. The number of rotatable bonds is 3. The second kappa shape index (κ2) is 11.0. The van der Waals surface area contributed by atoms with Crippen LogP contribution in [0.2, 0.25) is 0 Å². The second-order valence-electron chi connectivity index (χ2n) is 1.10. The maximum atomic E-state index is 10.1. The van der Waals surface area contributed by atoms with Crippen molar-refractivity contribution < 1.29 is 25.2 Å². The van der Waals surface area contributed by atoms with Crippen molar-refractivity contribution in [3.63, 3.8) is 0 Å². The van der Waals surface area contributed by atoms with E-state index in [0.29, 0.717) is 0 Å². The van der Waals surface area contributed by atoms with Crippen LogP contribution in [0.5, 0.6) is 0 Å². The molecule has 0 bridgehead atoms. The summed E-state index contributed by atoms with van der Waals surface area (Å²) in [7, 11) is 0. The van der Waals surface area contributed by atoms with Gasteiger partial charge in [-0.1, -0.05) is 6.58 Å². The summed E-state index contributed by atoms with van der Waals surface area (Å²) >= 11 is 0. The lowest BCUT2D eigenvalue weighted by Crippen LogP contribution is -2.04. The largest absolute Gasteiger partial charge is 0.460 e. The molecule has 0 unspecified atom stereocenters. The van der Waals surface area contributed by atoms with Crippen LogP contribution in [-0.2, 0) is 9.53 Å². The van der Waals surface area contributed by atoms with E-state index in [1.807, 2.05) is 0 Å². The smallest absolute Gasteiger partial charge is 0.330 e. The number of carbonyl (C=O) groups is 1. The van der Waals surface area contributed by atoms with Crippen LogP contribution < -0.4 is 0 Å². The van der Waals surface area contributed by atoms with Crippen LogP contribution >= 0.6 is 0 Å². The average molecular weight is 150 g/mol. The molecule has 0 aromatic rings. The molecule has 5 heteroatoms. The van der Waals surface area contributed by atoms with Gasteiger partial charge in [-0.25, -0.2) is 4.79 Å². The van der Waals surface area contributed by atoms with Gasteiger partial charge in [0, 0.05) is 6.08 Å². The van der Waals surface area contributed by atoms with Gasteiger partial charge in [0.1, 0.15) is 6.61 Å². The van der Waals surface area contributed by atoms with Gasteiger partial charge in [-0.2, -0.15) is 0 Å². The number of hydrogen-bond acceptors (Lipinski definition) is 5. The Morgan fingerprint density at radius 3 is 2.40 bits per heavy atom. The van der Waals surface area contributed by atoms with Crippen LogP contribution in [0, 0.1) is 0 Å². The third-order valence-electron chi connectivity index (χ3n) is 0.502. The Balaban J connectivity index is 0. The lowest BCUT2D eigenvalue weighted by molar-refractivity contribution is -0.176. The highest BCUT2D eigenvalue weighted by Crippen LogP contribution is 1.75. The molecule has 0 atom stereocenters. The first-order chi connectivity index (χ1) is 4.81. The van der Waals surface area contributed by atoms with E-state index in [-0.39, 0.29) is 13.2 Å². The van der Waals surface area contributed by atoms with Crippen molar-refractivity contribution in [1.82, 2.24) is 0 Å². The molecule has 60 valence electrons. The number of esters is 1. The molecule has 0 spiro atoms. The molecule has 0 aromatic heterocycles. The molecule has 0 rings (SSSR count). The maximum Gasteiger partial charge on any atom is 0.330 e. The number of carbonyl (C=O) groups excluding carboxylic acids is 1. The van der Waals surface area contributed by atoms with Gasteiger partial charge in [-0.15, -0.1) is 0 Å². The van der Waals surface area contributed by atoms with E-state index in [1.54, 1.807) is 0 Å². The maximum absolute atomic E-state index is 10.1. The fourth-order valence-corrected chi connectivity index (χ4v) is 0.205. The molecule has 3 N–H and O–H groups in total. The molecule has 0 amide bonds. The SMILES string of the molecule is C=CC(=O)OCCO.OO. The fraction of sp³-hybridized carbons (Fsp3) is 0.400. The van der Waals surface area contributed by atoms with Crippen molar-refractivity contribution in [3.05, 3.63) is 12.7 Å². The topological polar surface area (TPSA) is 87.0 Å². The average Bonchev–Trinajstić information content (AvgIpc) is 2.04. The minimum atomic E-state index is -0.501. The van der Waals surface area contributed by atoms with Gasteiger partial charge >= 0.3 is 5.97 Å². The zero-order valence-electron chi connectivity index (χ0n) is 5.36. The first kappa shape index (κ1) is 11.8. The van der Waals surface area contributed by atoms with E-state index in [1.165, 1.54) is 0 Å². The number of aliphatic hydroxyl groups excluding tert-OH is 1. The van der Waals surface area contributed by atoms with Gasteiger partial charge in [0.25, 0.3) is 0 Å². The summed E-state index contributed by atoms with van der Waals surface area (Å²) in [5, 5.41) is 20.1. The van der Waals surface area contributed by atoms with Crippen molar-refractivity contribution in [2.24, 2.45) is 0 Å². The first-order valence-corrected chi connectivity index (χ1v) is 2.41. The Bertz CT molecular complexity index is 90.0. The highest BCUT2D eigenvalue weighted by atomic mass is 17.0. The van der Waals surface area contributed by atoms with Crippen LogP contribution in [0.4, 0.5) is 0 Å². The van der Waals surface area contributed by atoms with Gasteiger partial charge in [0.05, 0.1) is 6.61 Å². The van der Waals surface area contributed by atoms with Gasteiger partial charge in [0.2, 0.25) is 0 Å². The van der Waals surface area contributed by atoms with E-state index < -0.39 is 5.97 Å². The predicted octanol–water partition coefficient (Wildman–Crippen LogP) is -0.275. The molecule has 0 aliphatic carbocycles. The minimum absolute atomic E-state index is 0.0465. The van der Waals surface area contributed by atoms with Gasteiger partial charge < -0.3 is 9.84 Å². The molecule has 5 nitrogen and oxygen atoms in total. The van der Waals surface area contributed by atoms with Crippen molar-refractivity contribution in [1.29, 1.82) is 0 Å². The van der Waals surface area contributed by atoms with Crippen LogP contribution in [0.1, 0.15) is 0 Å². The van der Waals surface area contributed by atoms with Gasteiger partial charge in [0.15, 0.2) is 0 Å². The summed E-state index contributed by atoms with van der Waals surface area (Å²) in [5.74, 6) is -0.501. The van der Waals surface area contributed by atoms with Crippen LogP contribution in [0.3, 0.4) is 0 Å². The zero-order valence-corrected chi connectivity index (χ0v) is 5.36. The van der Waals surface area contributed by atoms with Crippen molar-refractivity contribution >= 4 is 5.97 Å². The molecule has 0 aliphatic heterocycles. The van der Waals surface area contributed by atoms with E-state index in [9.17, 15) is 4.79 Å². The second-order valence-corrected chi connectivity index (χ2v) is 1.10. The van der Waals surface area contributed by atoms with Crippen LogP contribution in [0.25, 0.3) is 0 Å². The molecule has 0 heterocycles. The molecule has 0 radical (unpaired) electrons. The molecule has 0 fully saturated rings. The van der Waals surface area contributed by atoms with Crippen molar-refractivity contribution in [2.45, 2.75) is 0 Å². The lowest BCUT2D eigenvalue weighted by Gasteiger charge is -1.94. The Morgan fingerprint density at radius 1 is 1.60 bits per heavy atom. The van der Waals surface area contributed by atoms with E-state index in [2.05, 4.69) is 11.3 Å². The highest BCUT2D eigenvalue weighted by molar-refractivity contribution is 5.81. The van der Waals surface area contributed by atoms with Crippen LogP contribution in [0.15, 0.2) is 12.7 Å². The predicted molar refractivity (Wildman–Crippen MR) is 33.5 cm³/mol. The van der Waals surface area contributed by atoms with E-state index in [0.717, 1.165) is 6.08 Å². The Kier molecular flexibility index (Phi) is 13.0. The standard InChI is InChI=1S/C5H8O3.H2O2/c1-2-5(7)8-4-3-6;1-2/h2,6H,1,3-4H2;1-2H. The Labute approximate surface area is 58.1 Å². The van der Waals surface area contributed by atoms with E-state index >= 15 is 0 Å². The zero-order chi connectivity index (χ0) is 8.41. The van der Waals surface area contributed by atoms with Gasteiger partial charge in [-0.3, -0.25) is 10.5 Å². The summed E-state index contributed by atoms with van der Waals surface area (Å²) in [5.41, 5.74) is 0. The lowest BCUT2D eigenvalue weighted by atomic mass is 10.6. The summed E-state index contributed by atoms with van der Waals surface area (Å²) in [6, 6.07) is 0. The van der Waals surface area contributed by atoms with Gasteiger partial charge in [-0.05, 0) is 0 Å². The summed E-state index contributed by atoms with van der Waals surface area (Å²) in [6.45, 7) is 3.06. The van der Waals surface area contributed by atoms with Crippen molar-refractivity contribution in [2.75, 3.05) is 13.2 Å². The highest BCUT2D eigenvalue weighted by Gasteiger charge is 1.90. The van der Waals surface area contributed by atoms with E-state index in [4.69, 9.17) is 15.6 Å². The summed E-state index contributed by atoms with van der Waals surface area (Å²) in [6.07, 6.45) is 1.05. The molecular formula is C5H10O5. The monoisotopic (exact) mass is 150 g/mol. The molecule has 0 saturated heterocycles. The molecular weight excluding hydrogens is 140 g/mol. The first-order valence-electron chi connectivity index (χ1n) is 2.41. The molecule has 0 aliphatic rings. The summed E-state index contributed by atoms with van der Waals surface area (Å²) in [4.78, 5) is 10.1. The van der Waals surface area contributed by atoms with Crippen molar-refractivity contribution in [3.8, 4) is 0 Å². The number of ether oxygens (including phenoxy) is 1. The minimum Gasteiger partial charge on any atom is -0.460 e. The molecule has 0 aromatic carbocycles. The number of hydrogen-bond donors (Lipinski definition) is 3. The molecule has 0 saturated carbocycles. The molecule has 10 heavy (non-hydrogen) atoms. The third-order valence-corrected chi connectivity index (χ3v) is 0.502. The quantitative estimate of drug-likeness (QED) is 0.223. The summed E-state index contributed by atoms with van der Waals surface area (Å²) < 4.78 is 4.33.